The van der Waals surface area contributed by atoms with E-state index in [4.69, 9.17) is 0 Å². The number of nitrogens with zero attached hydrogens (tertiary/aromatic N) is 1. The van der Waals surface area contributed by atoms with Crippen molar-refractivity contribution in [1.82, 2.24) is 0 Å². The van der Waals surface area contributed by atoms with Gasteiger partial charge in [-0.05, 0) is 49.6 Å². The number of amides is 2. The van der Waals surface area contributed by atoms with Gasteiger partial charge in [-0.15, -0.1) is 0 Å². The van der Waals surface area contributed by atoms with Crippen LogP contribution in [0, 0.1) is 13.8 Å². The van der Waals surface area contributed by atoms with Gasteiger partial charge in [-0.2, -0.15) is 0 Å². The highest BCUT2D eigenvalue weighted by molar-refractivity contribution is 6.03. The van der Waals surface area contributed by atoms with Crippen LogP contribution in [0.15, 0.2) is 42.5 Å². The van der Waals surface area contributed by atoms with E-state index < -0.39 is 0 Å². The quantitative estimate of drug-likeness (QED) is 0.787. The Balaban J connectivity index is 1.62. The normalized spacial score (nSPS) is 13.7. The lowest BCUT2D eigenvalue weighted by atomic mass is 10.0. The average Bonchev–Trinajstić information content (AvgIpc) is 3.08. The minimum Gasteiger partial charge on any atom is -0.324 e. The number of benzene rings is 2. The van der Waals surface area contributed by atoms with Gasteiger partial charge in [-0.1, -0.05) is 24.3 Å². The molecule has 1 saturated heterocycles. The second-order valence-corrected chi connectivity index (χ2v) is 6.94. The van der Waals surface area contributed by atoms with Crippen LogP contribution in [-0.4, -0.2) is 24.1 Å². The summed E-state index contributed by atoms with van der Waals surface area (Å²) in [5, 5.41) is 2.85. The molecule has 1 aliphatic rings. The zero-order valence-electron chi connectivity index (χ0n) is 15.7. The molecule has 1 heterocycles. The van der Waals surface area contributed by atoms with Gasteiger partial charge in [0.05, 0.1) is 11.4 Å². The highest BCUT2D eigenvalue weighted by atomic mass is 16.2. The summed E-state index contributed by atoms with van der Waals surface area (Å²) in [5.74, 6) is -0.204. The van der Waals surface area contributed by atoms with E-state index in [9.17, 15) is 14.4 Å². The molecule has 140 valence electrons. The Morgan fingerprint density at radius 3 is 2.52 bits per heavy atom. The van der Waals surface area contributed by atoms with E-state index in [-0.39, 0.29) is 30.4 Å². The fourth-order valence-corrected chi connectivity index (χ4v) is 3.22. The number of rotatable bonds is 6. The highest BCUT2D eigenvalue weighted by Crippen LogP contribution is 2.29. The van der Waals surface area contributed by atoms with Gasteiger partial charge < -0.3 is 10.2 Å². The Bertz CT molecular complexity index is 889. The maximum Gasteiger partial charge on any atom is 0.227 e. The molecular formula is C22H24N2O3. The zero-order chi connectivity index (χ0) is 19.4. The third kappa shape index (κ3) is 4.42. The molecule has 3 rings (SSSR count). The van der Waals surface area contributed by atoms with Crippen molar-refractivity contribution in [3.05, 3.63) is 59.2 Å². The SMILES string of the molecule is Cc1ccc(C(=O)CCC(=O)Nc2ccccc2N2CCCC2=O)cc1C. The van der Waals surface area contributed by atoms with Crippen LogP contribution in [0.25, 0.3) is 0 Å². The van der Waals surface area contributed by atoms with Gasteiger partial charge in [0, 0.05) is 31.4 Å². The van der Waals surface area contributed by atoms with Crippen LogP contribution in [0.1, 0.15) is 47.2 Å². The molecule has 0 aromatic heterocycles. The van der Waals surface area contributed by atoms with Crippen LogP contribution < -0.4 is 10.2 Å². The average molecular weight is 364 g/mol. The van der Waals surface area contributed by atoms with Gasteiger partial charge in [0.2, 0.25) is 11.8 Å². The number of hydrogen-bond donors (Lipinski definition) is 1. The first-order valence-electron chi connectivity index (χ1n) is 9.25. The van der Waals surface area contributed by atoms with Crippen LogP contribution in [-0.2, 0) is 9.59 Å². The lowest BCUT2D eigenvalue weighted by Crippen LogP contribution is -2.25. The van der Waals surface area contributed by atoms with Crippen molar-refractivity contribution in [2.75, 3.05) is 16.8 Å². The van der Waals surface area contributed by atoms with Crippen molar-refractivity contribution >= 4 is 29.0 Å². The van der Waals surface area contributed by atoms with Crippen molar-refractivity contribution < 1.29 is 14.4 Å². The number of hydrogen-bond acceptors (Lipinski definition) is 3. The zero-order valence-corrected chi connectivity index (χ0v) is 15.7. The number of carbonyl (C=O) groups is 3. The standard InChI is InChI=1S/C22H24N2O3/c1-15-9-10-17(14-16(15)2)20(25)11-12-21(26)23-18-6-3-4-7-19(18)24-13-5-8-22(24)27/h3-4,6-7,9-10,14H,5,8,11-13H2,1-2H3,(H,23,26). The van der Waals surface area contributed by atoms with Crippen molar-refractivity contribution in [3.8, 4) is 0 Å². The van der Waals surface area contributed by atoms with Crippen LogP contribution in [0.5, 0.6) is 0 Å². The summed E-state index contributed by atoms with van der Waals surface area (Å²) in [6, 6.07) is 12.9. The molecule has 2 amide bonds. The van der Waals surface area contributed by atoms with E-state index in [1.54, 1.807) is 17.0 Å². The van der Waals surface area contributed by atoms with Gasteiger partial charge >= 0.3 is 0 Å². The Labute approximate surface area is 159 Å². The van der Waals surface area contributed by atoms with E-state index in [1.807, 2.05) is 44.2 Å². The van der Waals surface area contributed by atoms with Crippen molar-refractivity contribution in [1.29, 1.82) is 0 Å². The molecule has 0 unspecified atom stereocenters. The molecule has 0 atom stereocenters. The molecule has 0 saturated carbocycles. The molecule has 0 bridgehead atoms. The lowest BCUT2D eigenvalue weighted by Gasteiger charge is -2.19. The first-order chi connectivity index (χ1) is 13.0. The first-order valence-corrected chi connectivity index (χ1v) is 9.25. The maximum atomic E-state index is 12.4. The topological polar surface area (TPSA) is 66.5 Å². The molecule has 1 fully saturated rings. The molecule has 0 aliphatic carbocycles. The minimum atomic E-state index is -0.230. The third-order valence-electron chi connectivity index (χ3n) is 4.95. The summed E-state index contributed by atoms with van der Waals surface area (Å²) in [5.41, 5.74) is 4.16. The van der Waals surface area contributed by atoms with Gasteiger partial charge in [0.25, 0.3) is 0 Å². The van der Waals surface area contributed by atoms with Crippen LogP contribution in [0.3, 0.4) is 0 Å². The predicted octanol–water partition coefficient (Wildman–Crippen LogP) is 4.03. The van der Waals surface area contributed by atoms with E-state index in [0.717, 1.165) is 17.5 Å². The summed E-state index contributed by atoms with van der Waals surface area (Å²) in [6.45, 7) is 4.63. The molecular weight excluding hydrogens is 340 g/mol. The Hall–Kier alpha value is -2.95. The molecule has 1 aliphatic heterocycles. The molecule has 0 spiro atoms. The van der Waals surface area contributed by atoms with Gasteiger partial charge in [-0.25, -0.2) is 0 Å². The monoisotopic (exact) mass is 364 g/mol. The molecule has 2 aromatic carbocycles. The smallest absolute Gasteiger partial charge is 0.227 e. The first kappa shape index (κ1) is 18.8. The minimum absolute atomic E-state index is 0.0451. The Morgan fingerprint density at radius 1 is 1.04 bits per heavy atom. The highest BCUT2D eigenvalue weighted by Gasteiger charge is 2.24. The van der Waals surface area contributed by atoms with Crippen molar-refractivity contribution in [2.45, 2.75) is 39.5 Å². The van der Waals surface area contributed by atoms with Crippen molar-refractivity contribution in [3.63, 3.8) is 0 Å². The molecule has 1 N–H and O–H groups in total. The Kier molecular flexibility index (Phi) is 5.69. The number of carbonyl (C=O) groups excluding carboxylic acids is 3. The second-order valence-electron chi connectivity index (χ2n) is 6.94. The summed E-state index contributed by atoms with van der Waals surface area (Å²) in [6.07, 6.45) is 1.62. The molecule has 0 radical (unpaired) electrons. The largest absolute Gasteiger partial charge is 0.324 e. The summed E-state index contributed by atoms with van der Waals surface area (Å²) < 4.78 is 0. The second kappa shape index (κ2) is 8.16. The van der Waals surface area contributed by atoms with E-state index in [1.165, 1.54) is 0 Å². The molecule has 2 aromatic rings. The summed E-state index contributed by atoms with van der Waals surface area (Å²) in [7, 11) is 0. The number of nitrogens with one attached hydrogen (secondary N) is 1. The number of aryl methyl sites for hydroxylation is 2. The maximum absolute atomic E-state index is 12.4. The summed E-state index contributed by atoms with van der Waals surface area (Å²) >= 11 is 0. The van der Waals surface area contributed by atoms with E-state index in [2.05, 4.69) is 5.32 Å². The fourth-order valence-electron chi connectivity index (χ4n) is 3.22. The predicted molar refractivity (Wildman–Crippen MR) is 106 cm³/mol. The van der Waals surface area contributed by atoms with Crippen LogP contribution in [0.2, 0.25) is 0 Å². The lowest BCUT2D eigenvalue weighted by molar-refractivity contribution is -0.117. The number of anilines is 2. The van der Waals surface area contributed by atoms with Crippen LogP contribution in [0.4, 0.5) is 11.4 Å². The van der Waals surface area contributed by atoms with Crippen LogP contribution >= 0.6 is 0 Å². The Morgan fingerprint density at radius 2 is 1.81 bits per heavy atom. The number of para-hydroxylation sites is 2. The molecule has 5 nitrogen and oxygen atoms in total. The summed E-state index contributed by atoms with van der Waals surface area (Å²) in [4.78, 5) is 38.4. The van der Waals surface area contributed by atoms with E-state index >= 15 is 0 Å². The number of Topliss-reactive ketones (excluding diaryl/α,β-unsaturated/α-hetero) is 1. The molecule has 27 heavy (non-hydrogen) atoms. The van der Waals surface area contributed by atoms with Gasteiger partial charge in [0.1, 0.15) is 0 Å². The van der Waals surface area contributed by atoms with Gasteiger partial charge in [-0.3, -0.25) is 14.4 Å². The third-order valence-corrected chi connectivity index (χ3v) is 4.95. The van der Waals surface area contributed by atoms with E-state index in [0.29, 0.717) is 29.9 Å². The van der Waals surface area contributed by atoms with Gasteiger partial charge in [0.15, 0.2) is 5.78 Å². The fraction of sp³-hybridized carbons (Fsp3) is 0.318. The number of ketones is 1. The molecule has 5 heteroatoms. The van der Waals surface area contributed by atoms with Crippen molar-refractivity contribution in [2.24, 2.45) is 0 Å².